The Kier molecular flexibility index (Phi) is 10.1. The predicted molar refractivity (Wildman–Crippen MR) is 162 cm³/mol. The Hall–Kier alpha value is -3.42. The molecule has 4 aliphatic rings. The number of carbonyl (C=O) groups is 2. The lowest BCUT2D eigenvalue weighted by atomic mass is 9.98. The van der Waals surface area contributed by atoms with Crippen LogP contribution in [0.4, 0.5) is 0 Å². The average molecular weight is 579 g/mol. The Bertz CT molecular complexity index is 1220. The second-order valence-corrected chi connectivity index (χ2v) is 11.9. The van der Waals surface area contributed by atoms with Gasteiger partial charge in [-0.05, 0) is 93.7 Å². The van der Waals surface area contributed by atoms with Gasteiger partial charge < -0.3 is 29.2 Å². The molecule has 0 radical (unpaired) electrons. The summed E-state index contributed by atoms with van der Waals surface area (Å²) in [6.45, 7) is 4.35. The van der Waals surface area contributed by atoms with E-state index >= 15 is 0 Å². The summed E-state index contributed by atoms with van der Waals surface area (Å²) in [5, 5.41) is 2.88. The van der Waals surface area contributed by atoms with Crippen LogP contribution in [0, 0.1) is 0 Å². The van der Waals surface area contributed by atoms with Crippen LogP contribution in [0.25, 0.3) is 0 Å². The number of hydrogen-bond acceptors (Lipinski definition) is 6. The van der Waals surface area contributed by atoms with Crippen LogP contribution in [0.5, 0.6) is 23.0 Å². The Morgan fingerprint density at radius 1 is 0.738 bits per heavy atom. The molecule has 2 aliphatic carbocycles. The molecule has 1 N–H and O–H groups in total. The van der Waals surface area contributed by atoms with Crippen LogP contribution in [0.3, 0.4) is 0 Å². The van der Waals surface area contributed by atoms with Crippen LogP contribution in [-0.2, 0) is 9.59 Å². The number of hydrogen-bond donors (Lipinski definition) is 1. The Labute approximate surface area is 250 Å². The molecule has 8 nitrogen and oxygen atoms in total. The monoisotopic (exact) mass is 578 g/mol. The van der Waals surface area contributed by atoms with Crippen molar-refractivity contribution >= 4 is 11.8 Å². The van der Waals surface area contributed by atoms with E-state index in [0.29, 0.717) is 31.6 Å². The van der Waals surface area contributed by atoms with Crippen molar-refractivity contribution in [3.63, 3.8) is 0 Å². The van der Waals surface area contributed by atoms with Gasteiger partial charge in [0.15, 0.2) is 23.0 Å². The highest BCUT2D eigenvalue weighted by molar-refractivity contribution is 5.80. The molecule has 2 saturated heterocycles. The fraction of sp³-hybridized carbons (Fsp3) is 0.588. The molecule has 8 heteroatoms. The standard InChI is InChI=1S/C18H25NO3.C16H21NO3/c1-3-19-12-14(11-18(19)20)13-8-9-16(21-2)17(10-13)22-15-6-4-5-7-15;1-19-14-7-6-11(12-9-16(18)17-10-12)8-15(14)20-13-4-2-3-5-13/h8-10,14-15H,3-7,11-12H2,1-2H3;6-8,12-13H,2-5,9-10H2,1H3,(H,17,18). The number of carbonyl (C=O) groups excluding carboxylic acids is 2. The average Bonchev–Trinajstić information content (AvgIpc) is 3.83. The van der Waals surface area contributed by atoms with Crippen molar-refractivity contribution in [3.05, 3.63) is 47.5 Å². The van der Waals surface area contributed by atoms with Crippen molar-refractivity contribution in [1.29, 1.82) is 0 Å². The van der Waals surface area contributed by atoms with Gasteiger partial charge in [0.05, 0.1) is 26.4 Å². The molecule has 2 unspecified atom stereocenters. The molecular formula is C34H46N2O6. The maximum Gasteiger partial charge on any atom is 0.223 e. The van der Waals surface area contributed by atoms with Gasteiger partial charge in [-0.1, -0.05) is 12.1 Å². The lowest BCUT2D eigenvalue weighted by Gasteiger charge is -2.19. The molecule has 2 atom stereocenters. The van der Waals surface area contributed by atoms with Crippen molar-refractivity contribution in [2.45, 2.75) is 95.2 Å². The van der Waals surface area contributed by atoms with Crippen LogP contribution >= 0.6 is 0 Å². The number of amides is 2. The van der Waals surface area contributed by atoms with E-state index in [1.54, 1.807) is 14.2 Å². The third-order valence-electron chi connectivity index (χ3n) is 9.08. The molecule has 0 spiro atoms. The van der Waals surface area contributed by atoms with Crippen LogP contribution < -0.4 is 24.3 Å². The predicted octanol–water partition coefficient (Wildman–Crippen LogP) is 5.97. The van der Waals surface area contributed by atoms with Crippen LogP contribution in [0.2, 0.25) is 0 Å². The first kappa shape index (κ1) is 30.1. The molecule has 2 amide bonds. The van der Waals surface area contributed by atoms with Gasteiger partial charge in [-0.15, -0.1) is 0 Å². The molecule has 228 valence electrons. The summed E-state index contributed by atoms with van der Waals surface area (Å²) >= 11 is 0. The minimum Gasteiger partial charge on any atom is -0.493 e. The molecule has 2 aromatic carbocycles. The molecule has 0 bridgehead atoms. The second-order valence-electron chi connectivity index (χ2n) is 11.9. The topological polar surface area (TPSA) is 86.3 Å². The fourth-order valence-corrected chi connectivity index (χ4v) is 6.59. The van der Waals surface area contributed by atoms with E-state index in [0.717, 1.165) is 67.3 Å². The highest BCUT2D eigenvalue weighted by atomic mass is 16.5. The second kappa shape index (κ2) is 14.2. The molecule has 2 aromatic rings. The quantitative estimate of drug-likeness (QED) is 0.395. The first-order valence-corrected chi connectivity index (χ1v) is 15.7. The zero-order valence-electron chi connectivity index (χ0n) is 25.4. The van der Waals surface area contributed by atoms with Gasteiger partial charge in [-0.25, -0.2) is 0 Å². The largest absolute Gasteiger partial charge is 0.493 e. The summed E-state index contributed by atoms with van der Waals surface area (Å²) < 4.78 is 23.1. The summed E-state index contributed by atoms with van der Waals surface area (Å²) in [6, 6.07) is 12.1. The number of nitrogens with one attached hydrogen (secondary N) is 1. The number of rotatable bonds is 9. The minimum atomic E-state index is 0.129. The zero-order chi connectivity index (χ0) is 29.5. The molecule has 2 heterocycles. The Morgan fingerprint density at radius 2 is 1.26 bits per heavy atom. The van der Waals surface area contributed by atoms with Gasteiger partial charge in [-0.3, -0.25) is 9.59 Å². The Balaban J connectivity index is 0.000000169. The van der Waals surface area contributed by atoms with E-state index < -0.39 is 0 Å². The highest BCUT2D eigenvalue weighted by Crippen LogP contribution is 2.38. The van der Waals surface area contributed by atoms with Gasteiger partial charge in [0, 0.05) is 44.3 Å². The molecular weight excluding hydrogens is 532 g/mol. The first-order valence-electron chi connectivity index (χ1n) is 15.7. The molecule has 2 aliphatic heterocycles. The van der Waals surface area contributed by atoms with E-state index in [4.69, 9.17) is 18.9 Å². The van der Waals surface area contributed by atoms with Crippen molar-refractivity contribution in [3.8, 4) is 23.0 Å². The molecule has 6 rings (SSSR count). The van der Waals surface area contributed by atoms with Crippen LogP contribution in [0.1, 0.15) is 94.1 Å². The summed E-state index contributed by atoms with van der Waals surface area (Å²) in [7, 11) is 3.34. The smallest absolute Gasteiger partial charge is 0.223 e. The maximum absolute atomic E-state index is 11.9. The van der Waals surface area contributed by atoms with Gasteiger partial charge in [0.2, 0.25) is 11.8 Å². The van der Waals surface area contributed by atoms with Gasteiger partial charge in [-0.2, -0.15) is 0 Å². The van der Waals surface area contributed by atoms with Gasteiger partial charge >= 0.3 is 0 Å². The molecule has 4 fully saturated rings. The van der Waals surface area contributed by atoms with E-state index in [-0.39, 0.29) is 23.7 Å². The number of methoxy groups -OCH3 is 2. The first-order chi connectivity index (χ1) is 20.5. The van der Waals surface area contributed by atoms with Crippen molar-refractivity contribution < 1.29 is 28.5 Å². The lowest BCUT2D eigenvalue weighted by molar-refractivity contribution is -0.127. The van der Waals surface area contributed by atoms with Gasteiger partial charge in [0.25, 0.3) is 0 Å². The van der Waals surface area contributed by atoms with E-state index in [1.165, 1.54) is 31.2 Å². The summed E-state index contributed by atoms with van der Waals surface area (Å²) in [6.07, 6.45) is 11.2. The minimum absolute atomic E-state index is 0.129. The lowest BCUT2D eigenvalue weighted by Crippen LogP contribution is -2.24. The Morgan fingerprint density at radius 3 is 1.69 bits per heavy atom. The number of likely N-dealkylation sites (tertiary alicyclic amines) is 1. The third kappa shape index (κ3) is 7.31. The van der Waals surface area contributed by atoms with Crippen LogP contribution in [-0.4, -0.2) is 62.8 Å². The summed E-state index contributed by atoms with van der Waals surface area (Å²) in [5.41, 5.74) is 2.33. The third-order valence-corrected chi connectivity index (χ3v) is 9.08. The fourth-order valence-electron chi connectivity index (χ4n) is 6.59. The van der Waals surface area contributed by atoms with E-state index in [1.807, 2.05) is 36.1 Å². The van der Waals surface area contributed by atoms with Crippen molar-refractivity contribution in [2.24, 2.45) is 0 Å². The number of benzene rings is 2. The normalized spacial score (nSPS) is 22.6. The number of likely N-dealkylation sites (N-methyl/N-ethyl adjacent to an activating group) is 1. The van der Waals surface area contributed by atoms with Gasteiger partial charge in [0.1, 0.15) is 0 Å². The molecule has 42 heavy (non-hydrogen) atoms. The van der Waals surface area contributed by atoms with Crippen molar-refractivity contribution in [2.75, 3.05) is 33.9 Å². The summed E-state index contributed by atoms with van der Waals surface area (Å²) in [4.78, 5) is 25.2. The highest BCUT2D eigenvalue weighted by Gasteiger charge is 2.30. The zero-order valence-corrected chi connectivity index (χ0v) is 25.4. The van der Waals surface area contributed by atoms with Crippen molar-refractivity contribution in [1.82, 2.24) is 10.2 Å². The molecule has 0 aromatic heterocycles. The van der Waals surface area contributed by atoms with Crippen LogP contribution in [0.15, 0.2) is 36.4 Å². The summed E-state index contributed by atoms with van der Waals surface area (Å²) in [5.74, 6) is 4.10. The van der Waals surface area contributed by atoms with E-state index in [9.17, 15) is 9.59 Å². The maximum atomic E-state index is 11.9. The number of nitrogens with zero attached hydrogens (tertiary/aromatic N) is 1. The van der Waals surface area contributed by atoms with E-state index in [2.05, 4.69) is 17.4 Å². The molecule has 2 saturated carbocycles. The SMILES string of the molecule is CCN1CC(c2ccc(OC)c(OC3CCCC3)c2)CC1=O.COc1ccc(C2CNC(=O)C2)cc1OC1CCCC1. The number of ether oxygens (including phenoxy) is 4.